The average Bonchev–Trinajstić information content (AvgIpc) is 2.48. The van der Waals surface area contributed by atoms with Gasteiger partial charge in [-0.25, -0.2) is 9.97 Å². The fourth-order valence-corrected chi connectivity index (χ4v) is 1.77. The molecule has 0 fully saturated rings. The molecule has 2 aromatic rings. The van der Waals surface area contributed by atoms with Crippen molar-refractivity contribution >= 4 is 11.5 Å². The Hall–Kier alpha value is -2.81. The molecule has 0 bridgehead atoms. The minimum absolute atomic E-state index is 0.248. The summed E-state index contributed by atoms with van der Waals surface area (Å²) in [6.45, 7) is 1.09. The summed E-state index contributed by atoms with van der Waals surface area (Å²) >= 11 is 0. The van der Waals surface area contributed by atoms with Gasteiger partial charge in [0.25, 0.3) is 0 Å². The van der Waals surface area contributed by atoms with Gasteiger partial charge in [0.05, 0.1) is 0 Å². The molecule has 0 amide bonds. The van der Waals surface area contributed by atoms with Crippen molar-refractivity contribution in [2.45, 2.75) is 0 Å². The van der Waals surface area contributed by atoms with Crippen LogP contribution >= 0.6 is 0 Å². The number of ether oxygens (including phenoxy) is 2. The Morgan fingerprint density at radius 1 is 1.11 bits per heavy atom. The van der Waals surface area contributed by atoms with Crippen LogP contribution in [0.4, 0.5) is 11.5 Å². The zero-order valence-electron chi connectivity index (χ0n) is 9.96. The molecule has 1 aliphatic heterocycles. The normalized spacial score (nSPS) is 12.6. The van der Waals surface area contributed by atoms with Gasteiger partial charge in [0.15, 0.2) is 23.0 Å². The highest BCUT2D eigenvalue weighted by molar-refractivity contribution is 5.64. The Morgan fingerprint density at radius 2 is 1.89 bits per heavy atom. The van der Waals surface area contributed by atoms with Crippen LogP contribution in [0.15, 0.2) is 30.6 Å². The summed E-state index contributed by atoms with van der Waals surface area (Å²) in [5.74, 6) is 1.82. The third-order valence-electron chi connectivity index (χ3n) is 2.61. The van der Waals surface area contributed by atoms with Gasteiger partial charge >= 0.3 is 0 Å². The van der Waals surface area contributed by atoms with Crippen LogP contribution in [0.1, 0.15) is 5.69 Å². The zero-order valence-corrected chi connectivity index (χ0v) is 9.96. The highest BCUT2D eigenvalue weighted by Gasteiger charge is 2.12. The summed E-state index contributed by atoms with van der Waals surface area (Å²) in [5, 5.41) is 12.0. The molecule has 0 aliphatic carbocycles. The Labute approximate surface area is 109 Å². The minimum Gasteiger partial charge on any atom is -0.486 e. The van der Waals surface area contributed by atoms with Crippen molar-refractivity contribution in [2.75, 3.05) is 18.5 Å². The number of aromatic nitrogens is 2. The number of nitrogens with one attached hydrogen (secondary N) is 1. The van der Waals surface area contributed by atoms with E-state index in [9.17, 15) is 0 Å². The molecular formula is C13H10N4O2. The lowest BCUT2D eigenvalue weighted by atomic mass is 10.2. The summed E-state index contributed by atoms with van der Waals surface area (Å²) in [4.78, 5) is 8.03. The number of benzene rings is 1. The summed E-state index contributed by atoms with van der Waals surface area (Å²) in [7, 11) is 0. The molecule has 1 aliphatic rings. The van der Waals surface area contributed by atoms with E-state index in [-0.39, 0.29) is 5.69 Å². The van der Waals surface area contributed by atoms with Crippen LogP contribution in [0.3, 0.4) is 0 Å². The molecule has 1 aromatic heterocycles. The molecule has 2 heterocycles. The number of hydrogen-bond acceptors (Lipinski definition) is 6. The molecule has 0 saturated carbocycles. The summed E-state index contributed by atoms with van der Waals surface area (Å²) in [6.07, 6.45) is 3.01. The number of nitrogens with zero attached hydrogens (tertiary/aromatic N) is 3. The van der Waals surface area contributed by atoms with Gasteiger partial charge in [0.2, 0.25) is 0 Å². The van der Waals surface area contributed by atoms with Crippen molar-refractivity contribution < 1.29 is 9.47 Å². The van der Waals surface area contributed by atoms with Crippen molar-refractivity contribution in [3.05, 3.63) is 36.3 Å². The third-order valence-corrected chi connectivity index (χ3v) is 2.61. The molecule has 94 valence electrons. The van der Waals surface area contributed by atoms with Gasteiger partial charge in [0.1, 0.15) is 19.3 Å². The van der Waals surface area contributed by atoms with Crippen LogP contribution < -0.4 is 14.8 Å². The van der Waals surface area contributed by atoms with Crippen LogP contribution in [0.5, 0.6) is 11.5 Å². The molecule has 3 rings (SSSR count). The summed E-state index contributed by atoms with van der Waals surface area (Å²) in [5.41, 5.74) is 1.01. The van der Waals surface area contributed by atoms with Gasteiger partial charge in [-0.3, -0.25) is 0 Å². The summed E-state index contributed by atoms with van der Waals surface area (Å²) in [6, 6.07) is 7.45. The molecule has 6 nitrogen and oxygen atoms in total. The molecular weight excluding hydrogens is 244 g/mol. The first-order valence-electron chi connectivity index (χ1n) is 5.74. The van der Waals surface area contributed by atoms with Crippen molar-refractivity contribution in [1.82, 2.24) is 9.97 Å². The number of hydrogen-bond donors (Lipinski definition) is 1. The van der Waals surface area contributed by atoms with E-state index in [1.165, 1.54) is 12.4 Å². The van der Waals surface area contributed by atoms with E-state index in [4.69, 9.17) is 14.7 Å². The van der Waals surface area contributed by atoms with Gasteiger partial charge < -0.3 is 14.8 Å². The molecule has 0 saturated heterocycles. The van der Waals surface area contributed by atoms with Crippen LogP contribution in [0, 0.1) is 11.3 Å². The Bertz CT molecular complexity index is 651. The van der Waals surface area contributed by atoms with E-state index in [0.29, 0.717) is 24.8 Å². The number of nitriles is 1. The molecule has 1 N–H and O–H groups in total. The topological polar surface area (TPSA) is 80.1 Å². The van der Waals surface area contributed by atoms with Crippen LogP contribution in [-0.4, -0.2) is 23.2 Å². The van der Waals surface area contributed by atoms with E-state index >= 15 is 0 Å². The van der Waals surface area contributed by atoms with Crippen molar-refractivity contribution in [3.8, 4) is 17.6 Å². The largest absolute Gasteiger partial charge is 0.486 e. The molecule has 0 radical (unpaired) electrons. The quantitative estimate of drug-likeness (QED) is 0.881. The van der Waals surface area contributed by atoms with E-state index < -0.39 is 0 Å². The molecule has 0 atom stereocenters. The van der Waals surface area contributed by atoms with Gasteiger partial charge in [-0.2, -0.15) is 5.26 Å². The van der Waals surface area contributed by atoms with Gasteiger partial charge in [-0.05, 0) is 12.1 Å². The SMILES string of the molecule is N#Cc1nccnc1Nc1ccc2c(c1)OCCO2. The highest BCUT2D eigenvalue weighted by atomic mass is 16.6. The predicted molar refractivity (Wildman–Crippen MR) is 67.5 cm³/mol. The number of rotatable bonds is 2. The summed E-state index contributed by atoms with van der Waals surface area (Å²) < 4.78 is 10.9. The second-order valence-electron chi connectivity index (χ2n) is 3.85. The van der Waals surface area contributed by atoms with E-state index in [2.05, 4.69) is 15.3 Å². The maximum absolute atomic E-state index is 8.95. The Morgan fingerprint density at radius 3 is 2.74 bits per heavy atom. The number of fused-ring (bicyclic) bond motifs is 1. The zero-order chi connectivity index (χ0) is 13.1. The first kappa shape index (κ1) is 11.3. The van der Waals surface area contributed by atoms with E-state index in [0.717, 1.165) is 11.4 Å². The fourth-order valence-electron chi connectivity index (χ4n) is 1.77. The van der Waals surface area contributed by atoms with Crippen molar-refractivity contribution in [2.24, 2.45) is 0 Å². The van der Waals surface area contributed by atoms with Crippen LogP contribution in [0.25, 0.3) is 0 Å². The third kappa shape index (κ3) is 2.26. The van der Waals surface area contributed by atoms with Gasteiger partial charge in [0, 0.05) is 24.1 Å². The second-order valence-corrected chi connectivity index (χ2v) is 3.85. The number of anilines is 2. The fraction of sp³-hybridized carbons (Fsp3) is 0.154. The van der Waals surface area contributed by atoms with E-state index in [1.54, 1.807) is 0 Å². The lowest BCUT2D eigenvalue weighted by molar-refractivity contribution is 0.171. The standard InChI is InChI=1S/C13H10N4O2/c14-8-10-13(16-4-3-15-10)17-9-1-2-11-12(7-9)19-6-5-18-11/h1-4,7H,5-6H2,(H,16,17). The molecule has 19 heavy (non-hydrogen) atoms. The average molecular weight is 254 g/mol. The Kier molecular flexibility index (Phi) is 2.86. The van der Waals surface area contributed by atoms with Gasteiger partial charge in [-0.15, -0.1) is 0 Å². The van der Waals surface area contributed by atoms with Crippen LogP contribution in [-0.2, 0) is 0 Å². The van der Waals surface area contributed by atoms with Gasteiger partial charge in [-0.1, -0.05) is 0 Å². The van der Waals surface area contributed by atoms with Crippen molar-refractivity contribution in [1.29, 1.82) is 5.26 Å². The lowest BCUT2D eigenvalue weighted by Crippen LogP contribution is -2.15. The molecule has 0 spiro atoms. The second kappa shape index (κ2) is 4.82. The molecule has 0 unspecified atom stereocenters. The Balaban J connectivity index is 1.89. The van der Waals surface area contributed by atoms with E-state index in [1.807, 2.05) is 24.3 Å². The smallest absolute Gasteiger partial charge is 0.183 e. The maximum Gasteiger partial charge on any atom is 0.183 e. The first-order chi connectivity index (χ1) is 9.36. The monoisotopic (exact) mass is 254 g/mol. The maximum atomic E-state index is 8.95. The molecule has 6 heteroatoms. The van der Waals surface area contributed by atoms with Crippen molar-refractivity contribution in [3.63, 3.8) is 0 Å². The van der Waals surface area contributed by atoms with Crippen LogP contribution in [0.2, 0.25) is 0 Å². The predicted octanol–water partition coefficient (Wildman–Crippen LogP) is 1.86. The lowest BCUT2D eigenvalue weighted by Gasteiger charge is -2.19. The highest BCUT2D eigenvalue weighted by Crippen LogP contribution is 2.33. The minimum atomic E-state index is 0.248. The first-order valence-corrected chi connectivity index (χ1v) is 5.74. The molecule has 1 aromatic carbocycles.